The molecule has 100 heavy (non-hydrogen) atoms. The Morgan fingerprint density at radius 2 is 0.760 bits per heavy atom. The number of carboxylic acid groups (broad SMARTS) is 1. The molecule has 2 amide bonds. The highest BCUT2D eigenvalue weighted by atomic mass is 35.5. The molecule has 6 atom stereocenters. The molecule has 14 N–H and O–H groups in total. The molecule has 6 saturated heterocycles. The van der Waals surface area contributed by atoms with Gasteiger partial charge < -0.3 is 83.4 Å². The average molecular weight is 1430 g/mol. The van der Waals surface area contributed by atoms with Gasteiger partial charge in [-0.25, -0.2) is 19.7 Å². The molecule has 6 aliphatic heterocycles. The molecule has 3 aromatic heterocycles. The highest BCUT2D eigenvalue weighted by Gasteiger charge is 2.48. The Morgan fingerprint density at radius 1 is 0.460 bits per heavy atom. The summed E-state index contributed by atoms with van der Waals surface area (Å²) in [6, 6.07) is 16.4. The Balaban J connectivity index is 0.000000135. The van der Waals surface area contributed by atoms with Gasteiger partial charge in [-0.2, -0.15) is 15.0 Å². The van der Waals surface area contributed by atoms with Crippen LogP contribution in [0.15, 0.2) is 73.2 Å². The Bertz CT molecular complexity index is 3600. The Morgan fingerprint density at radius 3 is 1.04 bits per heavy atom. The molecule has 536 valence electrons. The molecule has 28 heteroatoms. The number of halogens is 3. The SMILES string of the molecule is NCC1CCNCC1.O=C(NCC1CCNCC1)c1cnc(N2CC3CC3C2)nc1NCc1ccc(CO)c(Cl)c1.O=C(NCC1CCNCC1)c1cnc(N2CC3CC3C2)nc1NCc1ccc(CO)c(Cl)c1.O=C(O)c1cnc(N2CC3CC3C2)nc1NCc1ccc(CO)c(Cl)c1. The molecule has 0 spiro atoms. The molecule has 15 rings (SSSR count). The minimum absolute atomic E-state index is 0.0381. The summed E-state index contributed by atoms with van der Waals surface area (Å²) >= 11 is 18.6. The summed E-state index contributed by atoms with van der Waals surface area (Å²) in [6.07, 6.45) is 15.4. The van der Waals surface area contributed by atoms with E-state index in [1.807, 2.05) is 42.5 Å². The molecule has 3 aromatic carbocycles. The lowest BCUT2D eigenvalue weighted by Crippen LogP contribution is -2.36. The number of fused-ring (bicyclic) bond motifs is 3. The molecule has 25 nitrogen and oxygen atoms in total. The number of rotatable bonds is 23. The number of nitrogens with one attached hydrogen (secondary N) is 8. The van der Waals surface area contributed by atoms with E-state index in [9.17, 15) is 34.8 Å². The van der Waals surface area contributed by atoms with Crippen LogP contribution in [0.1, 0.15) is 122 Å². The van der Waals surface area contributed by atoms with Gasteiger partial charge in [-0.3, -0.25) is 9.59 Å². The van der Waals surface area contributed by atoms with Crippen LogP contribution >= 0.6 is 34.8 Å². The number of nitrogens with zero attached hydrogens (tertiary/aromatic N) is 9. The van der Waals surface area contributed by atoms with Crippen molar-refractivity contribution >= 4 is 87.9 Å². The van der Waals surface area contributed by atoms with Gasteiger partial charge in [0, 0.05) is 106 Å². The second-order valence-electron chi connectivity index (χ2n) is 28.1. The van der Waals surface area contributed by atoms with Crippen LogP contribution in [0.4, 0.5) is 35.3 Å². The zero-order valence-electron chi connectivity index (χ0n) is 56.6. The Hall–Kier alpha value is -7.30. The van der Waals surface area contributed by atoms with Gasteiger partial charge in [-0.15, -0.1) is 0 Å². The summed E-state index contributed by atoms with van der Waals surface area (Å²) in [4.78, 5) is 71.4. The minimum Gasteiger partial charge on any atom is -0.477 e. The van der Waals surface area contributed by atoms with Gasteiger partial charge in [0.05, 0.1) is 19.8 Å². The van der Waals surface area contributed by atoms with E-state index < -0.39 is 5.97 Å². The maximum Gasteiger partial charge on any atom is 0.341 e. The maximum absolute atomic E-state index is 13.0. The molecule has 3 aliphatic carbocycles. The summed E-state index contributed by atoms with van der Waals surface area (Å²) in [5, 5.41) is 64.7. The van der Waals surface area contributed by atoms with Crippen LogP contribution in [0.5, 0.6) is 0 Å². The number of amides is 2. The van der Waals surface area contributed by atoms with Crippen LogP contribution in [0, 0.1) is 53.3 Å². The number of anilines is 6. The van der Waals surface area contributed by atoms with E-state index in [2.05, 4.69) is 77.2 Å². The van der Waals surface area contributed by atoms with Gasteiger partial charge in [0.15, 0.2) is 0 Å². The van der Waals surface area contributed by atoms with Crippen LogP contribution in [-0.4, -0.2) is 166 Å². The van der Waals surface area contributed by atoms with E-state index in [-0.39, 0.29) is 37.2 Å². The van der Waals surface area contributed by atoms with Gasteiger partial charge >= 0.3 is 5.97 Å². The molecule has 3 saturated carbocycles. The first-order valence-corrected chi connectivity index (χ1v) is 36.7. The molecule has 6 aromatic rings. The fraction of sp³-hybridized carbons (Fsp3) is 0.542. The number of carboxylic acids is 1. The second kappa shape index (κ2) is 34.6. The van der Waals surface area contributed by atoms with Crippen molar-refractivity contribution in [2.24, 2.45) is 59.0 Å². The predicted octanol–water partition coefficient (Wildman–Crippen LogP) is 7.17. The van der Waals surface area contributed by atoms with E-state index in [0.29, 0.717) is 123 Å². The highest BCUT2D eigenvalue weighted by Crippen LogP contribution is 2.48. The van der Waals surface area contributed by atoms with Gasteiger partial charge in [-0.1, -0.05) is 71.2 Å². The van der Waals surface area contributed by atoms with E-state index in [1.165, 1.54) is 51.4 Å². The van der Waals surface area contributed by atoms with E-state index in [0.717, 1.165) is 156 Å². The average Bonchev–Trinajstić information content (AvgIpc) is 1.63. The Kier molecular flexibility index (Phi) is 25.1. The van der Waals surface area contributed by atoms with Crippen LogP contribution in [0.25, 0.3) is 0 Å². The van der Waals surface area contributed by atoms with Crippen LogP contribution < -0.4 is 63.0 Å². The van der Waals surface area contributed by atoms with Crippen molar-refractivity contribution < 1.29 is 34.8 Å². The molecule has 9 fully saturated rings. The predicted molar refractivity (Wildman–Crippen MR) is 389 cm³/mol. The third kappa shape index (κ3) is 19.5. The van der Waals surface area contributed by atoms with Crippen molar-refractivity contribution in [2.75, 3.05) is 129 Å². The molecular formula is C72H95Cl3N18O7. The Labute approximate surface area is 599 Å². The smallest absolute Gasteiger partial charge is 0.341 e. The number of piperidine rings is 6. The van der Waals surface area contributed by atoms with Crippen molar-refractivity contribution in [1.29, 1.82) is 0 Å². The van der Waals surface area contributed by atoms with Crippen molar-refractivity contribution in [3.05, 3.63) is 138 Å². The highest BCUT2D eigenvalue weighted by molar-refractivity contribution is 6.32. The van der Waals surface area contributed by atoms with E-state index in [1.54, 1.807) is 24.5 Å². The largest absolute Gasteiger partial charge is 0.477 e. The van der Waals surface area contributed by atoms with Crippen LogP contribution in [0.3, 0.4) is 0 Å². The van der Waals surface area contributed by atoms with Crippen molar-refractivity contribution in [1.82, 2.24) is 56.5 Å². The van der Waals surface area contributed by atoms with Crippen LogP contribution in [-0.2, 0) is 39.5 Å². The number of aromatic nitrogens is 6. The number of hydrogen-bond acceptors (Lipinski definition) is 22. The quantitative estimate of drug-likeness (QED) is 0.0302. The molecule has 6 unspecified atom stereocenters. The van der Waals surface area contributed by atoms with Crippen LogP contribution in [0.2, 0.25) is 15.1 Å². The van der Waals surface area contributed by atoms with Gasteiger partial charge in [0.25, 0.3) is 11.8 Å². The lowest BCUT2D eigenvalue weighted by atomic mass is 9.98. The molecule has 9 heterocycles. The number of aromatic carboxylic acids is 1. The molecular weight excluding hydrogens is 1340 g/mol. The first-order valence-electron chi connectivity index (χ1n) is 35.5. The summed E-state index contributed by atoms with van der Waals surface area (Å²) in [7, 11) is 0. The lowest BCUT2D eigenvalue weighted by molar-refractivity contribution is 0.0696. The van der Waals surface area contributed by atoms with Crippen molar-refractivity contribution in [3.63, 3.8) is 0 Å². The molecule has 9 aliphatic rings. The lowest BCUT2D eigenvalue weighted by Gasteiger charge is -2.23. The third-order valence-electron chi connectivity index (χ3n) is 20.9. The number of benzene rings is 3. The fourth-order valence-corrected chi connectivity index (χ4v) is 14.9. The molecule has 0 bridgehead atoms. The first-order chi connectivity index (χ1) is 48.7. The minimum atomic E-state index is -1.07. The van der Waals surface area contributed by atoms with Crippen molar-refractivity contribution in [2.45, 2.75) is 97.2 Å². The summed E-state index contributed by atoms with van der Waals surface area (Å²) in [5.74, 6) is 8.25. The second-order valence-corrected chi connectivity index (χ2v) is 29.4. The van der Waals surface area contributed by atoms with Gasteiger partial charge in [0.1, 0.15) is 34.1 Å². The normalized spacial score (nSPS) is 21.9. The monoisotopic (exact) mass is 1430 g/mol. The number of hydrogen-bond donors (Lipinski definition) is 13. The van der Waals surface area contributed by atoms with E-state index in [4.69, 9.17) is 50.5 Å². The third-order valence-corrected chi connectivity index (χ3v) is 21.9. The molecule has 0 radical (unpaired) electrons. The zero-order valence-corrected chi connectivity index (χ0v) is 58.9. The van der Waals surface area contributed by atoms with Gasteiger partial charge in [0.2, 0.25) is 17.8 Å². The standard InChI is InChI=1S/2C24H31ClN6O2.C18H19ClN4O3.C6H14N2/c2*25-21-7-16(1-2-17(21)14-32)10-27-22-20(23(33)28-9-15-3-5-26-6-4-15)11-29-24(30-22)31-12-18-8-19(18)13-31;19-15-3-10(1-2-11(15)9-24)5-20-16-14(17(25)26)6-21-18(22-16)23-7-12-4-13(12)8-23;7-5-6-1-3-8-4-2-6/h2*1-2,7,11,15,18-19,26,32H,3-6,8-10,12-14H2,(H,28,33)(H,27,29,30);1-3,6,12-13,24H,4-5,7-9H2,(H,25,26)(H,20,21,22);6,8H,1-5,7H2. The number of aliphatic hydroxyl groups excluding tert-OH is 3. The maximum atomic E-state index is 13.0. The number of nitrogens with two attached hydrogens (primary N) is 1. The zero-order chi connectivity index (χ0) is 69.7. The van der Waals surface area contributed by atoms with Gasteiger partial charge in [-0.05, 0) is 208 Å². The summed E-state index contributed by atoms with van der Waals surface area (Å²) in [5.41, 5.74) is 11.2. The fourth-order valence-electron chi connectivity index (χ4n) is 14.2. The summed E-state index contributed by atoms with van der Waals surface area (Å²) in [6.45, 7) is 15.4. The topological polar surface area (TPSA) is 341 Å². The number of carbonyl (C=O) groups excluding carboxylic acids is 2. The van der Waals surface area contributed by atoms with Crippen molar-refractivity contribution in [3.8, 4) is 0 Å². The summed E-state index contributed by atoms with van der Waals surface area (Å²) < 4.78 is 0. The number of carbonyl (C=O) groups is 3. The van der Waals surface area contributed by atoms with E-state index >= 15 is 0 Å². The first kappa shape index (κ1) is 72.5. The number of aliphatic hydroxyl groups is 3.